The first-order chi connectivity index (χ1) is 15.5. The SMILES string of the molecule is C[C@@H](CC(F)(F)F)NC(=O)O[C@H]1CC[C@@H](c2cnc(Nc3ccc(S(=O)[O-])cc3F)nc2)C1. The van der Waals surface area contributed by atoms with Gasteiger partial charge < -0.3 is 19.9 Å². The summed E-state index contributed by atoms with van der Waals surface area (Å²) in [6.07, 6.45) is -2.05. The van der Waals surface area contributed by atoms with Crippen molar-refractivity contribution in [3.8, 4) is 0 Å². The molecule has 33 heavy (non-hydrogen) atoms. The highest BCUT2D eigenvalue weighted by atomic mass is 32.2. The lowest BCUT2D eigenvalue weighted by Crippen LogP contribution is -2.37. The number of nitrogens with zero attached hydrogens (tertiary/aromatic N) is 2. The van der Waals surface area contributed by atoms with Crippen LogP contribution in [0.3, 0.4) is 0 Å². The highest BCUT2D eigenvalue weighted by Gasteiger charge is 2.32. The number of rotatable bonds is 7. The minimum Gasteiger partial charge on any atom is -0.768 e. The zero-order chi connectivity index (χ0) is 24.2. The summed E-state index contributed by atoms with van der Waals surface area (Å²) in [5, 5.41) is 4.85. The molecule has 3 rings (SSSR count). The van der Waals surface area contributed by atoms with Gasteiger partial charge in [-0.05, 0) is 66.9 Å². The molecule has 1 heterocycles. The lowest BCUT2D eigenvalue weighted by Gasteiger charge is -2.18. The van der Waals surface area contributed by atoms with Gasteiger partial charge in [0, 0.05) is 23.3 Å². The second-order valence-corrected chi connectivity index (χ2v) is 8.68. The Morgan fingerprint density at radius 3 is 2.61 bits per heavy atom. The van der Waals surface area contributed by atoms with Gasteiger partial charge in [-0.15, -0.1) is 0 Å². The topological polar surface area (TPSA) is 116 Å². The van der Waals surface area contributed by atoms with E-state index in [1.807, 2.05) is 0 Å². The van der Waals surface area contributed by atoms with Crippen LogP contribution in [-0.4, -0.2) is 43.1 Å². The maximum absolute atomic E-state index is 14.0. The van der Waals surface area contributed by atoms with Gasteiger partial charge in [-0.1, -0.05) is 0 Å². The van der Waals surface area contributed by atoms with Gasteiger partial charge in [-0.2, -0.15) is 13.2 Å². The van der Waals surface area contributed by atoms with Gasteiger partial charge in [0.25, 0.3) is 0 Å². The van der Waals surface area contributed by atoms with Crippen molar-refractivity contribution >= 4 is 28.8 Å². The minimum absolute atomic E-state index is 0.00694. The summed E-state index contributed by atoms with van der Waals surface area (Å²) in [6, 6.07) is 2.28. The van der Waals surface area contributed by atoms with Crippen LogP contribution in [-0.2, 0) is 15.8 Å². The van der Waals surface area contributed by atoms with Crippen molar-refractivity contribution in [2.24, 2.45) is 0 Å². The van der Waals surface area contributed by atoms with E-state index in [-0.39, 0.29) is 22.4 Å². The number of halogens is 4. The fourth-order valence-electron chi connectivity index (χ4n) is 3.57. The zero-order valence-electron chi connectivity index (χ0n) is 17.4. The number of aromatic nitrogens is 2. The standard InChI is InChI=1S/C20H22F4N4O4S/c1-11(8-20(22,23)24)27-19(29)32-14-3-2-12(6-14)13-9-25-18(26-10-13)28-17-5-4-15(33(30)31)7-16(17)21/h4-5,7,9-12,14H,2-3,6,8H2,1H3,(H,27,29)(H,30,31)(H,25,26,28)/p-1/t11-,12+,14-/m0/s1. The van der Waals surface area contributed by atoms with E-state index in [1.165, 1.54) is 19.1 Å². The van der Waals surface area contributed by atoms with Gasteiger partial charge in [0.2, 0.25) is 5.95 Å². The van der Waals surface area contributed by atoms with Gasteiger partial charge in [-0.25, -0.2) is 19.2 Å². The second-order valence-electron chi connectivity index (χ2n) is 7.74. The average Bonchev–Trinajstić information content (AvgIpc) is 3.16. The first kappa shape index (κ1) is 24.8. The number of hydrogen-bond acceptors (Lipinski definition) is 7. The monoisotopic (exact) mass is 489 g/mol. The Balaban J connectivity index is 1.51. The third-order valence-electron chi connectivity index (χ3n) is 5.08. The summed E-state index contributed by atoms with van der Waals surface area (Å²) in [6.45, 7) is 1.25. The van der Waals surface area contributed by atoms with E-state index in [0.29, 0.717) is 19.3 Å². The molecule has 0 aliphatic heterocycles. The molecule has 1 aliphatic carbocycles. The van der Waals surface area contributed by atoms with Crippen LogP contribution >= 0.6 is 0 Å². The average molecular weight is 489 g/mol. The maximum atomic E-state index is 14.0. The van der Waals surface area contributed by atoms with E-state index in [0.717, 1.165) is 11.6 Å². The lowest BCUT2D eigenvalue weighted by molar-refractivity contribution is -0.138. The number of benzene rings is 1. The van der Waals surface area contributed by atoms with Crippen molar-refractivity contribution in [1.82, 2.24) is 15.3 Å². The Labute approximate surface area is 189 Å². The second kappa shape index (κ2) is 10.4. The summed E-state index contributed by atoms with van der Waals surface area (Å²) in [5.74, 6) is -0.673. The molecule has 0 saturated heterocycles. The Morgan fingerprint density at radius 1 is 1.30 bits per heavy atom. The van der Waals surface area contributed by atoms with Crippen LogP contribution in [0.1, 0.15) is 44.1 Å². The summed E-state index contributed by atoms with van der Waals surface area (Å²) in [4.78, 5) is 19.9. The molecule has 8 nitrogen and oxygen atoms in total. The quantitative estimate of drug-likeness (QED) is 0.440. The maximum Gasteiger partial charge on any atom is 0.407 e. The van der Waals surface area contributed by atoms with Crippen LogP contribution < -0.4 is 10.6 Å². The van der Waals surface area contributed by atoms with Crippen LogP contribution in [0.25, 0.3) is 0 Å². The molecule has 2 N–H and O–H groups in total. The zero-order valence-corrected chi connectivity index (χ0v) is 18.2. The fraction of sp³-hybridized carbons (Fsp3) is 0.450. The number of amides is 1. The van der Waals surface area contributed by atoms with Crippen LogP contribution in [0.5, 0.6) is 0 Å². The molecule has 2 aromatic rings. The van der Waals surface area contributed by atoms with E-state index < -0.39 is 47.7 Å². The van der Waals surface area contributed by atoms with E-state index in [2.05, 4.69) is 20.6 Å². The first-order valence-electron chi connectivity index (χ1n) is 10.0. The molecule has 0 bridgehead atoms. The Morgan fingerprint density at radius 2 is 2.00 bits per heavy atom. The van der Waals surface area contributed by atoms with Gasteiger partial charge in [0.15, 0.2) is 0 Å². The van der Waals surface area contributed by atoms with Crippen molar-refractivity contribution in [1.29, 1.82) is 0 Å². The molecule has 1 saturated carbocycles. The number of anilines is 2. The molecule has 1 unspecified atom stereocenters. The highest BCUT2D eigenvalue weighted by molar-refractivity contribution is 7.79. The smallest absolute Gasteiger partial charge is 0.407 e. The Hall–Kier alpha value is -2.80. The van der Waals surface area contributed by atoms with Crippen molar-refractivity contribution in [3.05, 3.63) is 42.0 Å². The molecular weight excluding hydrogens is 468 g/mol. The fourth-order valence-corrected chi connectivity index (χ4v) is 3.95. The largest absolute Gasteiger partial charge is 0.768 e. The minimum atomic E-state index is -4.38. The molecule has 0 radical (unpaired) electrons. The van der Waals surface area contributed by atoms with Crippen molar-refractivity contribution in [2.75, 3.05) is 5.32 Å². The summed E-state index contributed by atoms with van der Waals surface area (Å²) in [7, 11) is 0. The van der Waals surface area contributed by atoms with Crippen LogP contribution in [0.4, 0.5) is 34.0 Å². The molecule has 180 valence electrons. The van der Waals surface area contributed by atoms with E-state index in [4.69, 9.17) is 4.74 Å². The highest BCUT2D eigenvalue weighted by Crippen LogP contribution is 2.36. The van der Waals surface area contributed by atoms with Crippen LogP contribution in [0.2, 0.25) is 0 Å². The Bertz CT molecular complexity index is 1010. The van der Waals surface area contributed by atoms with E-state index in [9.17, 15) is 31.1 Å². The first-order valence-corrected chi connectivity index (χ1v) is 11.1. The molecule has 1 amide bonds. The van der Waals surface area contributed by atoms with Gasteiger partial charge in [0.1, 0.15) is 11.9 Å². The van der Waals surface area contributed by atoms with Gasteiger partial charge in [0.05, 0.1) is 12.1 Å². The van der Waals surface area contributed by atoms with Crippen molar-refractivity contribution in [2.45, 2.75) is 61.7 Å². The predicted octanol–water partition coefficient (Wildman–Crippen LogP) is 4.30. The summed E-state index contributed by atoms with van der Waals surface area (Å²) >= 11 is -2.54. The third-order valence-corrected chi connectivity index (χ3v) is 5.72. The van der Waals surface area contributed by atoms with Crippen molar-refractivity contribution < 1.29 is 35.9 Å². The molecule has 4 atom stereocenters. The molecule has 13 heteroatoms. The molecule has 1 aliphatic rings. The van der Waals surface area contributed by atoms with Crippen molar-refractivity contribution in [3.63, 3.8) is 0 Å². The molecule has 1 fully saturated rings. The number of hydrogen-bond donors (Lipinski definition) is 2. The molecular formula is C20H21F4N4O4S-. The number of alkyl halides is 3. The normalized spacial score (nSPS) is 20.2. The molecule has 1 aromatic carbocycles. The molecule has 1 aromatic heterocycles. The number of nitrogens with one attached hydrogen (secondary N) is 2. The number of carbonyl (C=O) groups excluding carboxylic acids is 1. The predicted molar refractivity (Wildman–Crippen MR) is 109 cm³/mol. The third kappa shape index (κ3) is 7.35. The van der Waals surface area contributed by atoms with E-state index >= 15 is 0 Å². The summed E-state index contributed by atoms with van der Waals surface area (Å²) < 4.78 is 78.1. The number of ether oxygens (including phenoxy) is 1. The summed E-state index contributed by atoms with van der Waals surface area (Å²) in [5.41, 5.74) is 0.784. The van der Waals surface area contributed by atoms with Crippen LogP contribution in [0, 0.1) is 5.82 Å². The van der Waals surface area contributed by atoms with E-state index in [1.54, 1.807) is 12.4 Å². The number of carbonyl (C=O) groups is 1. The number of alkyl carbamates (subject to hydrolysis) is 1. The van der Waals surface area contributed by atoms with Crippen LogP contribution in [0.15, 0.2) is 35.5 Å². The molecule has 0 spiro atoms. The lowest BCUT2D eigenvalue weighted by atomic mass is 10.0. The van der Waals surface area contributed by atoms with Gasteiger partial charge >= 0.3 is 12.3 Å². The van der Waals surface area contributed by atoms with Gasteiger partial charge in [-0.3, -0.25) is 4.21 Å². The Kier molecular flexibility index (Phi) is 7.84.